The van der Waals surface area contributed by atoms with Crippen molar-refractivity contribution < 1.29 is 4.74 Å². The first-order valence-corrected chi connectivity index (χ1v) is 15.0. The van der Waals surface area contributed by atoms with E-state index in [1.165, 1.54) is 5.56 Å². The maximum absolute atomic E-state index is 10.4. The van der Waals surface area contributed by atoms with E-state index >= 15 is 0 Å². The lowest BCUT2D eigenvalue weighted by molar-refractivity contribution is 0.270. The van der Waals surface area contributed by atoms with E-state index in [1.807, 2.05) is 30.3 Å². The molecule has 2 unspecified atom stereocenters. The Morgan fingerprint density at radius 3 is 2.44 bits per heavy atom. The molecule has 2 atom stereocenters. The first-order valence-electron chi connectivity index (χ1n) is 14.2. The summed E-state index contributed by atoms with van der Waals surface area (Å²) < 4.78 is 10.8. The molecule has 1 aliphatic heterocycles. The number of thiophene rings is 1. The molecule has 0 N–H and O–H groups in total. The second kappa shape index (κ2) is 8.94. The quantitative estimate of drug-likeness (QED) is 0.209. The number of nitrogens with zero attached hydrogens (tertiary/aromatic N) is 3. The van der Waals surface area contributed by atoms with E-state index in [2.05, 4.69) is 102 Å². The minimum Gasteiger partial charge on any atom is -0.484 e. The molecule has 3 heterocycles. The number of ether oxygens (including phenoxy) is 1. The Balaban J connectivity index is 1.31. The van der Waals surface area contributed by atoms with Crippen LogP contribution in [0.5, 0.6) is 5.75 Å². The van der Waals surface area contributed by atoms with Crippen molar-refractivity contribution in [1.29, 1.82) is 10.5 Å². The number of aromatic nitrogens is 1. The van der Waals surface area contributed by atoms with Crippen molar-refractivity contribution >= 4 is 53.3 Å². The van der Waals surface area contributed by atoms with Crippen LogP contribution in [0.1, 0.15) is 22.6 Å². The highest BCUT2D eigenvalue weighted by Gasteiger charge is 2.34. The molecule has 0 radical (unpaired) electrons. The third kappa shape index (κ3) is 3.35. The van der Waals surface area contributed by atoms with Gasteiger partial charge in [0.2, 0.25) is 0 Å². The van der Waals surface area contributed by atoms with Crippen LogP contribution in [-0.2, 0) is 0 Å². The normalized spacial score (nSPS) is 16.8. The summed E-state index contributed by atoms with van der Waals surface area (Å²) in [7, 11) is 0. The fourth-order valence-electron chi connectivity index (χ4n) is 6.89. The zero-order chi connectivity index (χ0) is 28.7. The number of hydrogen-bond donors (Lipinski definition) is 0. The maximum Gasteiger partial charge on any atom is 0.132 e. The van der Waals surface area contributed by atoms with Gasteiger partial charge < -0.3 is 9.30 Å². The van der Waals surface area contributed by atoms with Crippen LogP contribution in [0.15, 0.2) is 115 Å². The molecule has 2 aromatic heterocycles. The summed E-state index contributed by atoms with van der Waals surface area (Å²) in [6.45, 7) is 0. The van der Waals surface area contributed by atoms with E-state index in [0.29, 0.717) is 11.1 Å². The SMILES string of the molecule is N#Cc1ccc2c3ccccc3n(-c3cccc4c3sc3c(C#N)cc(-c5cccc6c5OC5C=CC=CC65)cc34)c2c1. The monoisotopic (exact) mass is 567 g/mol. The lowest BCUT2D eigenvalue weighted by Crippen LogP contribution is -2.15. The molecule has 200 valence electrons. The molecule has 0 saturated carbocycles. The second-order valence-electron chi connectivity index (χ2n) is 11.1. The number of nitriles is 2. The van der Waals surface area contributed by atoms with Gasteiger partial charge in [0.1, 0.15) is 17.9 Å². The molecule has 43 heavy (non-hydrogen) atoms. The average Bonchev–Trinajstić information content (AvgIpc) is 3.73. The van der Waals surface area contributed by atoms with Gasteiger partial charge in [-0.25, -0.2) is 0 Å². The minimum absolute atomic E-state index is 0.00220. The predicted molar refractivity (Wildman–Crippen MR) is 174 cm³/mol. The summed E-state index contributed by atoms with van der Waals surface area (Å²) in [6.07, 6.45) is 8.43. The summed E-state index contributed by atoms with van der Waals surface area (Å²) in [5.41, 5.74) is 7.57. The molecule has 0 bridgehead atoms. The van der Waals surface area contributed by atoms with Gasteiger partial charge in [-0.1, -0.05) is 72.8 Å². The van der Waals surface area contributed by atoms with Gasteiger partial charge in [0.15, 0.2) is 0 Å². The topological polar surface area (TPSA) is 61.7 Å². The van der Waals surface area contributed by atoms with E-state index in [-0.39, 0.29) is 12.0 Å². The number of benzene rings is 5. The third-order valence-corrected chi connectivity index (χ3v) is 10.1. The summed E-state index contributed by atoms with van der Waals surface area (Å²) in [6, 6.07) is 36.0. The Kier molecular flexibility index (Phi) is 4.99. The van der Waals surface area contributed by atoms with Crippen molar-refractivity contribution in [2.24, 2.45) is 0 Å². The van der Waals surface area contributed by atoms with Crippen molar-refractivity contribution in [3.05, 3.63) is 132 Å². The van der Waals surface area contributed by atoms with Crippen LogP contribution < -0.4 is 4.74 Å². The summed E-state index contributed by atoms with van der Waals surface area (Å²) in [5, 5.41) is 24.5. The zero-order valence-corrected chi connectivity index (χ0v) is 23.6. The number of hydrogen-bond acceptors (Lipinski definition) is 4. The Morgan fingerprint density at radius 1 is 0.698 bits per heavy atom. The van der Waals surface area contributed by atoms with Crippen LogP contribution in [0.25, 0.3) is 58.8 Å². The zero-order valence-electron chi connectivity index (χ0n) is 22.8. The minimum atomic E-state index is -0.00220. The van der Waals surface area contributed by atoms with Crippen LogP contribution in [0, 0.1) is 22.7 Å². The van der Waals surface area contributed by atoms with Crippen molar-refractivity contribution in [2.45, 2.75) is 12.0 Å². The predicted octanol–water partition coefficient (Wildman–Crippen LogP) is 9.53. The summed E-state index contributed by atoms with van der Waals surface area (Å²) in [5.74, 6) is 1.10. The highest BCUT2D eigenvalue weighted by molar-refractivity contribution is 7.26. The molecule has 5 heteroatoms. The molecule has 1 aliphatic carbocycles. The highest BCUT2D eigenvalue weighted by Crippen LogP contribution is 2.49. The van der Waals surface area contributed by atoms with Crippen molar-refractivity contribution in [3.63, 3.8) is 0 Å². The molecule has 7 aromatic rings. The van der Waals surface area contributed by atoms with E-state index in [4.69, 9.17) is 4.74 Å². The summed E-state index contributed by atoms with van der Waals surface area (Å²) >= 11 is 1.65. The Morgan fingerprint density at radius 2 is 1.53 bits per heavy atom. The van der Waals surface area contributed by atoms with Crippen LogP contribution in [0.3, 0.4) is 0 Å². The Bertz CT molecular complexity index is 2480. The van der Waals surface area contributed by atoms with E-state index in [0.717, 1.165) is 64.5 Å². The Labute approximate surface area is 251 Å². The van der Waals surface area contributed by atoms with Crippen molar-refractivity contribution in [1.82, 2.24) is 4.57 Å². The van der Waals surface area contributed by atoms with Gasteiger partial charge >= 0.3 is 0 Å². The van der Waals surface area contributed by atoms with Crippen LogP contribution in [-0.4, -0.2) is 10.7 Å². The van der Waals surface area contributed by atoms with Gasteiger partial charge in [-0.3, -0.25) is 0 Å². The van der Waals surface area contributed by atoms with Gasteiger partial charge in [0.05, 0.1) is 43.3 Å². The lowest BCUT2D eigenvalue weighted by Gasteiger charge is -2.14. The average molecular weight is 568 g/mol. The van der Waals surface area contributed by atoms with Crippen molar-refractivity contribution in [3.8, 4) is 34.7 Å². The number of allylic oxidation sites excluding steroid dienone is 2. The molecule has 2 aliphatic rings. The maximum atomic E-state index is 10.4. The van der Waals surface area contributed by atoms with Gasteiger partial charge in [0, 0.05) is 38.6 Å². The number of para-hydroxylation sites is 2. The fourth-order valence-corrected chi connectivity index (χ4v) is 8.14. The molecule has 0 fully saturated rings. The number of rotatable bonds is 2. The fraction of sp³-hybridized carbons (Fsp3) is 0.0526. The first-order chi connectivity index (χ1) is 21.2. The molecule has 9 rings (SSSR count). The van der Waals surface area contributed by atoms with Crippen LogP contribution >= 0.6 is 11.3 Å². The molecular formula is C38H21N3OS. The van der Waals surface area contributed by atoms with E-state index in [1.54, 1.807) is 11.3 Å². The first kappa shape index (κ1) is 24.0. The van der Waals surface area contributed by atoms with Gasteiger partial charge in [-0.15, -0.1) is 11.3 Å². The molecule has 0 spiro atoms. The second-order valence-corrected chi connectivity index (χ2v) is 12.1. The largest absolute Gasteiger partial charge is 0.484 e. The molecule has 0 saturated heterocycles. The van der Waals surface area contributed by atoms with Gasteiger partial charge in [-0.2, -0.15) is 10.5 Å². The lowest BCUT2D eigenvalue weighted by atomic mass is 9.90. The smallest absolute Gasteiger partial charge is 0.132 e. The van der Waals surface area contributed by atoms with Gasteiger partial charge in [-0.05, 0) is 48.0 Å². The van der Waals surface area contributed by atoms with E-state index in [9.17, 15) is 10.5 Å². The number of fused-ring (bicyclic) bond motifs is 9. The van der Waals surface area contributed by atoms with Gasteiger partial charge in [0.25, 0.3) is 0 Å². The molecule has 0 amide bonds. The third-order valence-electron chi connectivity index (χ3n) is 8.80. The molecule has 5 aromatic carbocycles. The summed E-state index contributed by atoms with van der Waals surface area (Å²) in [4.78, 5) is 0. The molecule has 4 nitrogen and oxygen atoms in total. The van der Waals surface area contributed by atoms with Crippen LogP contribution in [0.4, 0.5) is 0 Å². The molecular weight excluding hydrogens is 547 g/mol. The Hall–Kier alpha value is -5.62. The van der Waals surface area contributed by atoms with Crippen molar-refractivity contribution in [2.75, 3.05) is 0 Å². The standard InChI is InChI=1S/C38H21N3OS/c39-20-22-15-16-27-26-7-1-3-12-32(26)41(34(27)17-22)33-13-6-11-30-31-19-23(18-24(21-40)37(31)43-38(30)33)25-9-5-10-29-28-8-2-4-14-35(28)42-36(25)29/h1-19,28,35H. The van der Waals surface area contributed by atoms with E-state index < -0.39 is 0 Å². The van der Waals surface area contributed by atoms with Crippen LogP contribution in [0.2, 0.25) is 0 Å². The highest BCUT2D eigenvalue weighted by atomic mass is 32.1.